The number of hydrogen-bond acceptors (Lipinski definition) is 3. The van der Waals surface area contributed by atoms with Gasteiger partial charge >= 0.3 is 0 Å². The normalized spacial score (nSPS) is 11.5. The van der Waals surface area contributed by atoms with E-state index in [0.29, 0.717) is 6.42 Å². The van der Waals surface area contributed by atoms with Crippen LogP contribution in [0.3, 0.4) is 0 Å². The Morgan fingerprint density at radius 1 is 0.583 bits per heavy atom. The Hall–Kier alpha value is -2.48. The molecule has 0 saturated carbocycles. The highest BCUT2D eigenvalue weighted by atomic mass is 16.6. The first kappa shape index (κ1) is 31.6. The fourth-order valence-corrected chi connectivity index (χ4v) is 3.62. The summed E-state index contributed by atoms with van der Waals surface area (Å²) in [6.07, 6.45) is 1.34. The van der Waals surface area contributed by atoms with Crippen molar-refractivity contribution in [2.24, 2.45) is 0 Å². The minimum atomic E-state index is -2.23. The first-order chi connectivity index (χ1) is 16.7. The molecule has 0 radical (unpaired) electrons. The molecule has 0 spiro atoms. The van der Waals surface area contributed by atoms with E-state index >= 15 is 0 Å². The Bertz CT molecular complexity index is 834. The second kappa shape index (κ2) is 14.9. The minimum Gasteiger partial charge on any atom is -0.871 e. The van der Waals surface area contributed by atoms with E-state index in [4.69, 9.17) is 4.65 Å². The number of rotatable bonds is 8. The van der Waals surface area contributed by atoms with Gasteiger partial charge in [0.25, 0.3) is 0 Å². The summed E-state index contributed by atoms with van der Waals surface area (Å²) >= 11 is 0. The lowest BCUT2D eigenvalue weighted by Crippen LogP contribution is -2.48. The lowest BCUT2D eigenvalue weighted by molar-refractivity contribution is -0.849. The number of quaternary nitrogens is 2. The summed E-state index contributed by atoms with van der Waals surface area (Å²) in [6, 6.07) is 31.0. The van der Waals surface area contributed by atoms with Gasteiger partial charge in [-0.25, -0.2) is 0 Å². The average molecular weight is 493 g/mol. The van der Waals surface area contributed by atoms with Gasteiger partial charge in [0, 0.05) is 12.0 Å². The quantitative estimate of drug-likeness (QED) is 0.210. The predicted molar refractivity (Wildman–Crippen MR) is 148 cm³/mol. The van der Waals surface area contributed by atoms with Gasteiger partial charge in [-0.1, -0.05) is 91.0 Å². The Kier molecular flexibility index (Phi) is 13.1. The zero-order valence-corrected chi connectivity index (χ0v) is 23.5. The van der Waals surface area contributed by atoms with E-state index in [1.54, 1.807) is 0 Å². The van der Waals surface area contributed by atoms with Crippen molar-refractivity contribution in [1.29, 1.82) is 0 Å². The summed E-state index contributed by atoms with van der Waals surface area (Å²) in [7, 11) is 14.8. The fraction of sp³-hybridized carbons (Fsp3) is 0.400. The maximum atomic E-state index is 10.7. The van der Waals surface area contributed by atoms with Gasteiger partial charge in [0.15, 0.2) is 0 Å². The molecule has 36 heavy (non-hydrogen) atoms. The number of nitrogens with zero attached hydrogens (tertiary/aromatic N) is 2. The third-order valence-corrected chi connectivity index (χ3v) is 4.75. The van der Waals surface area contributed by atoms with E-state index < -0.39 is 7.32 Å². The molecule has 0 aliphatic rings. The predicted octanol–water partition coefficient (Wildman–Crippen LogP) is 3.17. The Morgan fingerprint density at radius 3 is 1.11 bits per heavy atom. The third kappa shape index (κ3) is 13.0. The standard InChI is InChI=1S/C22H21BO3.2C4H12N/c24-23(25)26-18-10-17-22(19-11-4-1-5-12-19,20-13-6-2-7-14-20)21-15-8-3-9-16-21;2*1-5(2,3)4/h1-9,11-16H,10,17-18H2;2*1-4H3/q-2;2*+1. The van der Waals surface area contributed by atoms with Crippen LogP contribution in [0, 0.1) is 0 Å². The van der Waals surface area contributed by atoms with Gasteiger partial charge in [0.2, 0.25) is 0 Å². The molecule has 0 saturated heterocycles. The third-order valence-electron chi connectivity index (χ3n) is 4.75. The van der Waals surface area contributed by atoms with Crippen LogP contribution in [0.25, 0.3) is 0 Å². The van der Waals surface area contributed by atoms with Crippen molar-refractivity contribution in [3.8, 4) is 0 Å². The van der Waals surface area contributed by atoms with Gasteiger partial charge in [-0.15, -0.1) is 0 Å². The molecule has 0 unspecified atom stereocenters. The molecule has 0 heterocycles. The lowest BCUT2D eigenvalue weighted by Gasteiger charge is -2.37. The Morgan fingerprint density at radius 2 is 0.861 bits per heavy atom. The Balaban J connectivity index is 0.000000550. The van der Waals surface area contributed by atoms with Crippen molar-refractivity contribution < 1.29 is 23.7 Å². The van der Waals surface area contributed by atoms with Gasteiger partial charge in [-0.3, -0.25) is 0 Å². The molecule has 0 N–H and O–H groups in total. The van der Waals surface area contributed by atoms with E-state index in [0.717, 1.165) is 15.4 Å². The van der Waals surface area contributed by atoms with Crippen LogP contribution in [0.15, 0.2) is 91.0 Å². The maximum Gasteiger partial charge on any atom is 0.0675 e. The monoisotopic (exact) mass is 492 g/mol. The Labute approximate surface area is 220 Å². The van der Waals surface area contributed by atoms with E-state index in [1.807, 2.05) is 54.6 Å². The summed E-state index contributed by atoms with van der Waals surface area (Å²) < 4.78 is 6.73. The molecular formula is C30H45BN2O3. The molecule has 6 heteroatoms. The zero-order valence-electron chi connectivity index (χ0n) is 23.5. The molecule has 3 rings (SSSR count). The van der Waals surface area contributed by atoms with Crippen LogP contribution in [0.4, 0.5) is 0 Å². The first-order valence-corrected chi connectivity index (χ1v) is 12.4. The molecule has 0 fully saturated rings. The van der Waals surface area contributed by atoms with Crippen LogP contribution in [0.5, 0.6) is 0 Å². The van der Waals surface area contributed by atoms with Crippen LogP contribution in [0.1, 0.15) is 29.5 Å². The topological polar surface area (TPSA) is 55.3 Å². The highest BCUT2D eigenvalue weighted by Crippen LogP contribution is 2.42. The van der Waals surface area contributed by atoms with Crippen LogP contribution in [-0.2, 0) is 10.1 Å². The van der Waals surface area contributed by atoms with E-state index in [9.17, 15) is 10.0 Å². The first-order valence-electron chi connectivity index (χ1n) is 12.4. The molecule has 0 aliphatic carbocycles. The van der Waals surface area contributed by atoms with E-state index in [-0.39, 0.29) is 12.0 Å². The summed E-state index contributed by atoms with van der Waals surface area (Å²) in [5.41, 5.74) is 3.17. The molecule has 0 aromatic heterocycles. The average Bonchev–Trinajstić information content (AvgIpc) is 2.79. The molecule has 196 valence electrons. The molecule has 0 amide bonds. The SMILES string of the molecule is C[N+](C)(C)C.C[N+](C)(C)C.[O-]B([O-])OCCCC(c1ccccc1)(c1ccccc1)c1ccccc1. The van der Waals surface area contributed by atoms with Gasteiger partial charge in [-0.05, 0) is 29.5 Å². The molecule has 3 aromatic rings. The largest absolute Gasteiger partial charge is 0.871 e. The highest BCUT2D eigenvalue weighted by Gasteiger charge is 2.35. The van der Waals surface area contributed by atoms with Crippen molar-refractivity contribution >= 4 is 7.32 Å². The smallest absolute Gasteiger partial charge is 0.0675 e. The van der Waals surface area contributed by atoms with E-state index in [1.165, 1.54) is 16.7 Å². The molecule has 5 nitrogen and oxygen atoms in total. The molecule has 0 aliphatic heterocycles. The summed E-state index contributed by atoms with van der Waals surface area (Å²) in [5, 5.41) is 21.4. The van der Waals surface area contributed by atoms with Crippen molar-refractivity contribution in [2.45, 2.75) is 18.3 Å². The molecule has 0 atom stereocenters. The zero-order chi connectivity index (χ0) is 27.2. The lowest BCUT2D eigenvalue weighted by atomic mass is 9.67. The second-order valence-electron chi connectivity index (χ2n) is 11.6. The van der Waals surface area contributed by atoms with Crippen molar-refractivity contribution in [3.63, 3.8) is 0 Å². The van der Waals surface area contributed by atoms with Gasteiger partial charge in [-0.2, -0.15) is 0 Å². The van der Waals surface area contributed by atoms with Crippen molar-refractivity contribution in [2.75, 3.05) is 63.0 Å². The van der Waals surface area contributed by atoms with Gasteiger partial charge in [0.1, 0.15) is 0 Å². The van der Waals surface area contributed by atoms with E-state index in [2.05, 4.69) is 92.8 Å². The summed E-state index contributed by atoms with van der Waals surface area (Å²) in [4.78, 5) is 0. The highest BCUT2D eigenvalue weighted by molar-refractivity contribution is 6.28. The summed E-state index contributed by atoms with van der Waals surface area (Å²) in [5.74, 6) is 0. The van der Waals surface area contributed by atoms with Crippen molar-refractivity contribution in [1.82, 2.24) is 0 Å². The van der Waals surface area contributed by atoms with Gasteiger partial charge < -0.3 is 23.7 Å². The number of hydrogen-bond donors (Lipinski definition) is 0. The van der Waals surface area contributed by atoms with Crippen LogP contribution < -0.4 is 10.0 Å². The second-order valence-corrected chi connectivity index (χ2v) is 11.6. The molecule has 0 bridgehead atoms. The van der Waals surface area contributed by atoms with Crippen LogP contribution in [0.2, 0.25) is 0 Å². The van der Waals surface area contributed by atoms with Crippen LogP contribution in [-0.4, -0.2) is 79.3 Å². The van der Waals surface area contributed by atoms with Gasteiger partial charge in [0.05, 0.1) is 63.7 Å². The fourth-order valence-electron chi connectivity index (χ4n) is 3.62. The van der Waals surface area contributed by atoms with Crippen molar-refractivity contribution in [3.05, 3.63) is 108 Å². The summed E-state index contributed by atoms with van der Waals surface area (Å²) in [6.45, 7) is 0.159. The number of benzene rings is 3. The molecular weight excluding hydrogens is 447 g/mol. The molecule has 3 aromatic carbocycles. The maximum absolute atomic E-state index is 10.7. The van der Waals surface area contributed by atoms with Crippen LogP contribution >= 0.6 is 0 Å². The minimum absolute atomic E-state index is 0.159.